The molecule has 0 saturated carbocycles. The molecular weight excluding hydrogens is 228 g/mol. The molecule has 2 heterocycles. The van der Waals surface area contributed by atoms with Gasteiger partial charge in [0, 0.05) is 19.0 Å². The van der Waals surface area contributed by atoms with Crippen molar-refractivity contribution in [3.8, 4) is 0 Å². The Morgan fingerprint density at radius 2 is 1.89 bits per heavy atom. The van der Waals surface area contributed by atoms with E-state index in [1.807, 2.05) is 36.7 Å². The molecule has 0 unspecified atom stereocenters. The summed E-state index contributed by atoms with van der Waals surface area (Å²) in [7, 11) is 0. The SMILES string of the molecule is NCc1ccc(COCCCc2ccncc2)o1. The molecule has 4 heteroatoms. The molecule has 2 N–H and O–H groups in total. The molecule has 0 aromatic carbocycles. The molecule has 0 bridgehead atoms. The molecular formula is C14H18N2O2. The molecule has 96 valence electrons. The van der Waals surface area contributed by atoms with Crippen LogP contribution in [0.15, 0.2) is 41.1 Å². The van der Waals surface area contributed by atoms with E-state index in [1.165, 1.54) is 5.56 Å². The molecule has 0 amide bonds. The molecule has 2 rings (SSSR count). The first-order valence-corrected chi connectivity index (χ1v) is 6.13. The fourth-order valence-corrected chi connectivity index (χ4v) is 1.71. The van der Waals surface area contributed by atoms with Crippen molar-refractivity contribution in [3.05, 3.63) is 53.7 Å². The van der Waals surface area contributed by atoms with Crippen LogP contribution in [0.1, 0.15) is 23.5 Å². The number of furan rings is 1. The molecule has 2 aromatic heterocycles. The van der Waals surface area contributed by atoms with E-state index in [9.17, 15) is 0 Å². The number of ether oxygens (including phenoxy) is 1. The topological polar surface area (TPSA) is 61.3 Å². The smallest absolute Gasteiger partial charge is 0.129 e. The van der Waals surface area contributed by atoms with E-state index in [0.29, 0.717) is 13.2 Å². The van der Waals surface area contributed by atoms with Crippen molar-refractivity contribution in [1.29, 1.82) is 0 Å². The summed E-state index contributed by atoms with van der Waals surface area (Å²) < 4.78 is 11.0. The van der Waals surface area contributed by atoms with Crippen LogP contribution in [-0.4, -0.2) is 11.6 Å². The maximum absolute atomic E-state index is 5.55. The fourth-order valence-electron chi connectivity index (χ4n) is 1.71. The highest BCUT2D eigenvalue weighted by Crippen LogP contribution is 2.09. The van der Waals surface area contributed by atoms with Gasteiger partial charge in [0.25, 0.3) is 0 Å². The second-order valence-electron chi connectivity index (χ2n) is 4.08. The second-order valence-corrected chi connectivity index (χ2v) is 4.08. The predicted octanol–water partition coefficient (Wildman–Crippen LogP) is 2.28. The maximum atomic E-state index is 5.55. The van der Waals surface area contributed by atoms with Crippen molar-refractivity contribution in [1.82, 2.24) is 4.98 Å². The Morgan fingerprint density at radius 1 is 1.11 bits per heavy atom. The third-order valence-corrected chi connectivity index (χ3v) is 2.67. The molecule has 0 atom stereocenters. The van der Waals surface area contributed by atoms with Gasteiger partial charge in [-0.15, -0.1) is 0 Å². The highest BCUT2D eigenvalue weighted by molar-refractivity contribution is 5.09. The highest BCUT2D eigenvalue weighted by atomic mass is 16.5. The first kappa shape index (κ1) is 12.8. The van der Waals surface area contributed by atoms with Crippen LogP contribution in [0.3, 0.4) is 0 Å². The van der Waals surface area contributed by atoms with Crippen LogP contribution in [0.4, 0.5) is 0 Å². The zero-order valence-corrected chi connectivity index (χ0v) is 10.3. The van der Waals surface area contributed by atoms with Gasteiger partial charge in [-0.05, 0) is 42.7 Å². The second kappa shape index (κ2) is 6.93. The first-order chi connectivity index (χ1) is 8.88. The molecule has 0 spiro atoms. The van der Waals surface area contributed by atoms with Gasteiger partial charge in [-0.3, -0.25) is 4.98 Å². The summed E-state index contributed by atoms with van der Waals surface area (Å²) in [6, 6.07) is 7.85. The van der Waals surface area contributed by atoms with E-state index in [-0.39, 0.29) is 0 Å². The van der Waals surface area contributed by atoms with E-state index < -0.39 is 0 Å². The number of hydrogen-bond acceptors (Lipinski definition) is 4. The summed E-state index contributed by atoms with van der Waals surface area (Å²) in [6.07, 6.45) is 5.63. The van der Waals surface area contributed by atoms with Crippen molar-refractivity contribution in [2.24, 2.45) is 5.73 Å². The van der Waals surface area contributed by atoms with Gasteiger partial charge in [0.2, 0.25) is 0 Å². The molecule has 0 fully saturated rings. The van der Waals surface area contributed by atoms with Crippen LogP contribution >= 0.6 is 0 Å². The number of nitrogens with two attached hydrogens (primary N) is 1. The minimum Gasteiger partial charge on any atom is -0.462 e. The van der Waals surface area contributed by atoms with Crippen LogP contribution in [0.25, 0.3) is 0 Å². The van der Waals surface area contributed by atoms with Crippen molar-refractivity contribution in [2.45, 2.75) is 26.0 Å². The molecule has 0 aliphatic rings. The van der Waals surface area contributed by atoms with E-state index in [2.05, 4.69) is 4.98 Å². The standard InChI is InChI=1S/C14H18N2O2/c15-10-13-3-4-14(18-13)11-17-9-1-2-12-5-7-16-8-6-12/h3-8H,1-2,9-11,15H2. The minimum absolute atomic E-state index is 0.433. The van der Waals surface area contributed by atoms with Crippen LogP contribution in [-0.2, 0) is 24.3 Å². The van der Waals surface area contributed by atoms with Crippen LogP contribution in [0.5, 0.6) is 0 Å². The molecule has 0 aliphatic heterocycles. The van der Waals surface area contributed by atoms with Gasteiger partial charge in [0.05, 0.1) is 6.54 Å². The highest BCUT2D eigenvalue weighted by Gasteiger charge is 2.00. The lowest BCUT2D eigenvalue weighted by Crippen LogP contribution is -1.97. The van der Waals surface area contributed by atoms with Gasteiger partial charge in [-0.1, -0.05) is 0 Å². The van der Waals surface area contributed by atoms with Crippen LogP contribution in [0, 0.1) is 0 Å². The third kappa shape index (κ3) is 3.98. The van der Waals surface area contributed by atoms with Gasteiger partial charge in [-0.25, -0.2) is 0 Å². The lowest BCUT2D eigenvalue weighted by molar-refractivity contribution is 0.103. The Bertz CT molecular complexity index is 454. The first-order valence-electron chi connectivity index (χ1n) is 6.13. The summed E-state index contributed by atoms with van der Waals surface area (Å²) in [6.45, 7) is 1.67. The largest absolute Gasteiger partial charge is 0.462 e. The molecule has 2 aromatic rings. The van der Waals surface area contributed by atoms with Crippen LogP contribution in [0.2, 0.25) is 0 Å². The van der Waals surface area contributed by atoms with E-state index >= 15 is 0 Å². The van der Waals surface area contributed by atoms with Gasteiger partial charge in [0.1, 0.15) is 18.1 Å². The lowest BCUT2D eigenvalue weighted by atomic mass is 10.1. The summed E-state index contributed by atoms with van der Waals surface area (Å²) in [4.78, 5) is 3.99. The average Bonchev–Trinajstić information content (AvgIpc) is 2.87. The summed E-state index contributed by atoms with van der Waals surface area (Å²) in [5.41, 5.74) is 6.75. The molecule has 0 saturated heterocycles. The average molecular weight is 246 g/mol. The van der Waals surface area contributed by atoms with Crippen molar-refractivity contribution >= 4 is 0 Å². The summed E-state index contributed by atoms with van der Waals surface area (Å²) in [5, 5.41) is 0. The lowest BCUT2D eigenvalue weighted by Gasteiger charge is -2.02. The Hall–Kier alpha value is -1.65. The predicted molar refractivity (Wildman–Crippen MR) is 68.8 cm³/mol. The van der Waals surface area contributed by atoms with Gasteiger partial charge < -0.3 is 14.9 Å². The molecule has 4 nitrogen and oxygen atoms in total. The van der Waals surface area contributed by atoms with Crippen LogP contribution < -0.4 is 5.73 Å². The fraction of sp³-hybridized carbons (Fsp3) is 0.357. The zero-order chi connectivity index (χ0) is 12.6. The molecule has 18 heavy (non-hydrogen) atoms. The van der Waals surface area contributed by atoms with Crippen molar-refractivity contribution in [3.63, 3.8) is 0 Å². The minimum atomic E-state index is 0.433. The van der Waals surface area contributed by atoms with E-state index in [0.717, 1.165) is 31.0 Å². The summed E-state index contributed by atoms with van der Waals surface area (Å²) in [5.74, 6) is 1.63. The van der Waals surface area contributed by atoms with E-state index in [1.54, 1.807) is 0 Å². The number of aromatic nitrogens is 1. The Morgan fingerprint density at radius 3 is 2.61 bits per heavy atom. The maximum Gasteiger partial charge on any atom is 0.129 e. The number of pyridine rings is 1. The number of hydrogen-bond donors (Lipinski definition) is 1. The normalized spacial score (nSPS) is 10.7. The third-order valence-electron chi connectivity index (χ3n) is 2.67. The van der Waals surface area contributed by atoms with Gasteiger partial charge in [-0.2, -0.15) is 0 Å². The van der Waals surface area contributed by atoms with Gasteiger partial charge in [0.15, 0.2) is 0 Å². The zero-order valence-electron chi connectivity index (χ0n) is 10.3. The molecule has 0 aliphatic carbocycles. The monoisotopic (exact) mass is 246 g/mol. The van der Waals surface area contributed by atoms with Crippen molar-refractivity contribution < 1.29 is 9.15 Å². The number of rotatable bonds is 7. The van der Waals surface area contributed by atoms with Crippen molar-refractivity contribution in [2.75, 3.05) is 6.61 Å². The van der Waals surface area contributed by atoms with E-state index in [4.69, 9.17) is 14.9 Å². The quantitative estimate of drug-likeness (QED) is 0.761. The Balaban J connectivity index is 1.61. The number of aryl methyl sites for hydroxylation is 1. The van der Waals surface area contributed by atoms with Gasteiger partial charge >= 0.3 is 0 Å². The Kier molecular flexibility index (Phi) is 4.93. The number of nitrogens with zero attached hydrogens (tertiary/aromatic N) is 1. The summed E-state index contributed by atoms with van der Waals surface area (Å²) >= 11 is 0. The molecule has 0 radical (unpaired) electrons. The Labute approximate surface area is 107 Å².